The van der Waals surface area contributed by atoms with Crippen LogP contribution in [0.3, 0.4) is 0 Å². The topological polar surface area (TPSA) is 92.8 Å². The predicted molar refractivity (Wildman–Crippen MR) is 108 cm³/mol. The number of morpholine rings is 1. The average Bonchev–Trinajstić information content (AvgIpc) is 2.99. The quantitative estimate of drug-likeness (QED) is 0.754. The summed E-state index contributed by atoms with van der Waals surface area (Å²) < 4.78 is 34.9. The molecule has 0 unspecified atom stereocenters. The lowest BCUT2D eigenvalue weighted by Crippen LogP contribution is -2.45. The van der Waals surface area contributed by atoms with Gasteiger partial charge in [0.25, 0.3) is 0 Å². The zero-order valence-electron chi connectivity index (χ0n) is 16.4. The number of nitrogens with one attached hydrogen (secondary N) is 1. The van der Waals surface area contributed by atoms with E-state index < -0.39 is 26.5 Å². The van der Waals surface area contributed by atoms with E-state index in [1.165, 1.54) is 6.07 Å². The van der Waals surface area contributed by atoms with E-state index >= 15 is 0 Å². The number of ether oxygens (including phenoxy) is 1. The summed E-state index contributed by atoms with van der Waals surface area (Å²) in [5.41, 5.74) is 0.390. The Balaban J connectivity index is 1.78. The first-order chi connectivity index (χ1) is 14.0. The summed E-state index contributed by atoms with van der Waals surface area (Å²) in [7, 11) is -4.15. The van der Waals surface area contributed by atoms with E-state index in [0.717, 1.165) is 38.5 Å². The number of hydrogen-bond acceptors (Lipinski definition) is 6. The van der Waals surface area contributed by atoms with Crippen molar-refractivity contribution in [3.63, 3.8) is 0 Å². The SMILES string of the molecule is O=C1C(N2CCOCC2)=C(S(=O)(=O)NC2CCCCCC2)C(=O)c2ccccc21. The maximum atomic E-state index is 13.4. The molecule has 0 atom stereocenters. The van der Waals surface area contributed by atoms with Gasteiger partial charge in [0, 0.05) is 30.3 Å². The van der Waals surface area contributed by atoms with Gasteiger partial charge in [0.15, 0.2) is 4.91 Å². The smallest absolute Gasteiger partial charge is 0.246 e. The fourth-order valence-electron chi connectivity index (χ4n) is 4.34. The summed E-state index contributed by atoms with van der Waals surface area (Å²) in [6.45, 7) is 1.52. The Kier molecular flexibility index (Phi) is 5.85. The van der Waals surface area contributed by atoms with Crippen LogP contribution in [0.4, 0.5) is 0 Å². The van der Waals surface area contributed by atoms with Crippen molar-refractivity contribution in [2.24, 2.45) is 0 Å². The van der Waals surface area contributed by atoms with Crippen LogP contribution in [0.15, 0.2) is 34.9 Å². The highest BCUT2D eigenvalue weighted by Gasteiger charge is 2.42. The van der Waals surface area contributed by atoms with Crippen molar-refractivity contribution in [3.8, 4) is 0 Å². The Bertz CT molecular complexity index is 940. The van der Waals surface area contributed by atoms with Gasteiger partial charge in [-0.2, -0.15) is 0 Å². The molecule has 156 valence electrons. The molecule has 0 amide bonds. The molecule has 0 bridgehead atoms. The van der Waals surface area contributed by atoms with Crippen molar-refractivity contribution in [2.75, 3.05) is 26.3 Å². The fourth-order valence-corrected chi connectivity index (χ4v) is 5.96. The fraction of sp³-hybridized carbons (Fsp3) is 0.524. The molecule has 1 N–H and O–H groups in total. The molecule has 0 radical (unpaired) electrons. The second-order valence-corrected chi connectivity index (χ2v) is 9.44. The third-order valence-electron chi connectivity index (χ3n) is 5.83. The van der Waals surface area contributed by atoms with Crippen LogP contribution in [0.25, 0.3) is 0 Å². The van der Waals surface area contributed by atoms with E-state index in [2.05, 4.69) is 4.72 Å². The Labute approximate surface area is 171 Å². The molecule has 4 rings (SSSR count). The summed E-state index contributed by atoms with van der Waals surface area (Å²) in [5.74, 6) is -1.02. The number of fused-ring (bicyclic) bond motifs is 1. The molecule has 2 fully saturated rings. The number of carbonyl (C=O) groups is 2. The first-order valence-electron chi connectivity index (χ1n) is 10.3. The summed E-state index contributed by atoms with van der Waals surface area (Å²) in [6.07, 6.45) is 5.59. The molecular weight excluding hydrogens is 392 g/mol. The number of nitrogens with zero attached hydrogens (tertiary/aromatic N) is 1. The molecule has 3 aliphatic rings. The van der Waals surface area contributed by atoms with Crippen molar-refractivity contribution >= 4 is 21.6 Å². The Morgan fingerprint density at radius 1 is 0.897 bits per heavy atom. The van der Waals surface area contributed by atoms with Crippen LogP contribution in [0.5, 0.6) is 0 Å². The van der Waals surface area contributed by atoms with Gasteiger partial charge in [0.1, 0.15) is 5.70 Å². The van der Waals surface area contributed by atoms with Gasteiger partial charge in [-0.15, -0.1) is 0 Å². The van der Waals surface area contributed by atoms with Crippen molar-refractivity contribution in [1.29, 1.82) is 0 Å². The summed E-state index contributed by atoms with van der Waals surface area (Å²) in [5, 5.41) is 0. The van der Waals surface area contributed by atoms with Crippen LogP contribution < -0.4 is 4.72 Å². The number of benzene rings is 1. The lowest BCUT2D eigenvalue weighted by Gasteiger charge is -2.34. The van der Waals surface area contributed by atoms with Crippen molar-refractivity contribution < 1.29 is 22.7 Å². The lowest BCUT2D eigenvalue weighted by molar-refractivity contribution is 0.0499. The summed E-state index contributed by atoms with van der Waals surface area (Å²) >= 11 is 0. The van der Waals surface area contributed by atoms with Crippen LogP contribution in [0.2, 0.25) is 0 Å². The lowest BCUT2D eigenvalue weighted by atomic mass is 9.91. The standard InChI is InChI=1S/C21H26N2O5S/c24-19-16-9-5-6-10-17(16)20(25)21(18(19)23-11-13-28-14-12-23)29(26,27)22-15-7-3-1-2-4-8-15/h5-6,9-10,15,22H,1-4,7-8,11-14H2. The molecule has 1 saturated carbocycles. The maximum absolute atomic E-state index is 13.4. The molecular formula is C21H26N2O5S. The predicted octanol–water partition coefficient (Wildman–Crippen LogP) is 2.25. The summed E-state index contributed by atoms with van der Waals surface area (Å²) in [4.78, 5) is 27.8. The van der Waals surface area contributed by atoms with E-state index in [9.17, 15) is 18.0 Å². The Hall–Kier alpha value is -2.03. The Morgan fingerprint density at radius 3 is 2.10 bits per heavy atom. The molecule has 0 spiro atoms. The first-order valence-corrected chi connectivity index (χ1v) is 11.7. The van der Waals surface area contributed by atoms with Gasteiger partial charge in [-0.3, -0.25) is 9.59 Å². The minimum Gasteiger partial charge on any atom is -0.378 e. The monoisotopic (exact) mass is 418 g/mol. The minimum absolute atomic E-state index is 0.0156. The van der Waals surface area contributed by atoms with E-state index in [0.29, 0.717) is 26.3 Å². The van der Waals surface area contributed by atoms with Crippen molar-refractivity contribution in [1.82, 2.24) is 9.62 Å². The van der Waals surface area contributed by atoms with Crippen LogP contribution in [0.1, 0.15) is 59.2 Å². The largest absolute Gasteiger partial charge is 0.378 e. The number of allylic oxidation sites excluding steroid dienone is 2. The van der Waals surface area contributed by atoms with E-state index in [1.807, 2.05) is 0 Å². The number of carbonyl (C=O) groups excluding carboxylic acids is 2. The highest BCUT2D eigenvalue weighted by Crippen LogP contribution is 2.32. The van der Waals surface area contributed by atoms with Gasteiger partial charge in [0.2, 0.25) is 21.6 Å². The van der Waals surface area contributed by atoms with Gasteiger partial charge < -0.3 is 9.64 Å². The summed E-state index contributed by atoms with van der Waals surface area (Å²) in [6, 6.07) is 6.23. The zero-order valence-corrected chi connectivity index (χ0v) is 17.2. The number of sulfonamides is 1. The molecule has 1 aromatic carbocycles. The Morgan fingerprint density at radius 2 is 1.48 bits per heavy atom. The second-order valence-electron chi connectivity index (χ2n) is 7.79. The molecule has 1 heterocycles. The highest BCUT2D eigenvalue weighted by molar-refractivity contribution is 7.94. The molecule has 1 aliphatic heterocycles. The van der Waals surface area contributed by atoms with Gasteiger partial charge in [-0.05, 0) is 12.8 Å². The molecule has 8 heteroatoms. The second kappa shape index (κ2) is 8.38. The molecule has 7 nitrogen and oxygen atoms in total. The normalized spacial score (nSPS) is 21.9. The van der Waals surface area contributed by atoms with Crippen molar-refractivity contribution in [2.45, 2.75) is 44.6 Å². The molecule has 29 heavy (non-hydrogen) atoms. The van der Waals surface area contributed by atoms with Crippen molar-refractivity contribution in [3.05, 3.63) is 46.0 Å². The highest BCUT2D eigenvalue weighted by atomic mass is 32.2. The third-order valence-corrected chi connectivity index (χ3v) is 7.39. The van der Waals surface area contributed by atoms with Crippen LogP contribution in [0, 0.1) is 0 Å². The van der Waals surface area contributed by atoms with Gasteiger partial charge in [0.05, 0.1) is 13.2 Å². The number of hydrogen-bond donors (Lipinski definition) is 1. The van der Waals surface area contributed by atoms with Gasteiger partial charge >= 0.3 is 0 Å². The molecule has 1 saturated heterocycles. The molecule has 0 aromatic heterocycles. The van der Waals surface area contributed by atoms with Gasteiger partial charge in [-0.1, -0.05) is 49.9 Å². The van der Waals surface area contributed by atoms with Crippen LogP contribution >= 0.6 is 0 Å². The first kappa shape index (κ1) is 20.3. The third kappa shape index (κ3) is 4.01. The maximum Gasteiger partial charge on any atom is 0.246 e. The van der Waals surface area contributed by atoms with E-state index in [4.69, 9.17) is 4.74 Å². The number of Topliss-reactive ketones (excluding diaryl/α,β-unsaturated/α-hetero) is 2. The molecule has 2 aliphatic carbocycles. The number of ketones is 2. The van der Waals surface area contributed by atoms with E-state index in [-0.39, 0.29) is 22.9 Å². The van der Waals surface area contributed by atoms with Crippen LogP contribution in [-0.2, 0) is 14.8 Å². The van der Waals surface area contributed by atoms with E-state index in [1.54, 1.807) is 23.1 Å². The van der Waals surface area contributed by atoms with Gasteiger partial charge in [-0.25, -0.2) is 13.1 Å². The minimum atomic E-state index is -4.15. The number of rotatable bonds is 4. The van der Waals surface area contributed by atoms with Crippen LogP contribution in [-0.4, -0.2) is 57.2 Å². The zero-order chi connectivity index (χ0) is 20.4. The average molecular weight is 419 g/mol. The molecule has 1 aromatic rings.